The lowest BCUT2D eigenvalue weighted by Gasteiger charge is -2.26. The van der Waals surface area contributed by atoms with Crippen LogP contribution in [0, 0.1) is 24.0 Å². The van der Waals surface area contributed by atoms with Gasteiger partial charge >= 0.3 is 5.97 Å². The molecular weight excluding hydrogens is 360 g/mol. The molecule has 0 heterocycles. The second-order valence-corrected chi connectivity index (χ2v) is 7.50. The van der Waals surface area contributed by atoms with Crippen molar-refractivity contribution in [3.05, 3.63) is 63.7 Å². The number of carboxylic acids is 1. The number of nitro groups is 1. The zero-order chi connectivity index (χ0) is 19.5. The third-order valence-electron chi connectivity index (χ3n) is 4.00. The molecular formula is C17H18N2O6S. The van der Waals surface area contributed by atoms with Crippen molar-refractivity contribution in [2.24, 2.45) is 0 Å². The van der Waals surface area contributed by atoms with Crippen LogP contribution in [0.5, 0.6) is 0 Å². The van der Waals surface area contributed by atoms with Crippen LogP contribution >= 0.6 is 0 Å². The number of para-hydroxylation sites is 1. The van der Waals surface area contributed by atoms with Crippen LogP contribution in [0.4, 0.5) is 11.4 Å². The van der Waals surface area contributed by atoms with Crippen LogP contribution in [0.25, 0.3) is 0 Å². The molecule has 26 heavy (non-hydrogen) atoms. The molecule has 0 radical (unpaired) electrons. The Bertz CT molecular complexity index is 955. The fourth-order valence-electron chi connectivity index (χ4n) is 2.52. The van der Waals surface area contributed by atoms with E-state index in [1.165, 1.54) is 12.1 Å². The number of carbonyl (C=O) groups is 1. The molecule has 2 aromatic carbocycles. The molecule has 0 atom stereocenters. The first-order valence-corrected chi connectivity index (χ1v) is 9.14. The van der Waals surface area contributed by atoms with E-state index in [4.69, 9.17) is 5.11 Å². The Labute approximate surface area is 150 Å². The summed E-state index contributed by atoms with van der Waals surface area (Å²) in [7, 11) is -4.34. The van der Waals surface area contributed by atoms with E-state index in [0.29, 0.717) is 11.3 Å². The van der Waals surface area contributed by atoms with Crippen molar-refractivity contribution < 1.29 is 23.2 Å². The van der Waals surface area contributed by atoms with Crippen LogP contribution in [-0.2, 0) is 14.8 Å². The highest BCUT2D eigenvalue weighted by molar-refractivity contribution is 7.93. The quantitative estimate of drug-likeness (QED) is 0.585. The summed E-state index contributed by atoms with van der Waals surface area (Å²) in [6.07, 6.45) is -0.437. The molecule has 0 saturated heterocycles. The van der Waals surface area contributed by atoms with Gasteiger partial charge in [0.2, 0.25) is 0 Å². The molecule has 8 nitrogen and oxygen atoms in total. The Kier molecular flexibility index (Phi) is 5.61. The molecule has 0 saturated carbocycles. The smallest absolute Gasteiger partial charge is 0.305 e. The van der Waals surface area contributed by atoms with Crippen molar-refractivity contribution in [2.45, 2.75) is 25.2 Å². The minimum absolute atomic E-state index is 0.296. The van der Waals surface area contributed by atoms with Gasteiger partial charge in [-0.15, -0.1) is 0 Å². The Hall–Kier alpha value is -2.94. The van der Waals surface area contributed by atoms with Crippen molar-refractivity contribution >= 4 is 27.4 Å². The number of hydrogen-bond donors (Lipinski definition) is 1. The van der Waals surface area contributed by atoms with Crippen molar-refractivity contribution in [1.29, 1.82) is 0 Å². The normalized spacial score (nSPS) is 11.2. The standard InChI is InChI=1S/C17H18N2O6S/c1-12-6-5-8-14(13(12)2)18(11-10-17(20)21)26(24,25)16-9-4-3-7-15(16)19(22)23/h3-9H,10-11H2,1-2H3,(H,20,21). The predicted molar refractivity (Wildman–Crippen MR) is 95.8 cm³/mol. The van der Waals surface area contributed by atoms with E-state index < -0.39 is 37.9 Å². The largest absolute Gasteiger partial charge is 0.481 e. The van der Waals surface area contributed by atoms with Crippen molar-refractivity contribution in [1.82, 2.24) is 0 Å². The average Bonchev–Trinajstić information content (AvgIpc) is 2.58. The van der Waals surface area contributed by atoms with Gasteiger partial charge in [0.25, 0.3) is 15.7 Å². The maximum absolute atomic E-state index is 13.2. The van der Waals surface area contributed by atoms with E-state index in [1.807, 2.05) is 0 Å². The molecule has 0 aliphatic heterocycles. The summed E-state index contributed by atoms with van der Waals surface area (Å²) >= 11 is 0. The molecule has 0 aromatic heterocycles. The summed E-state index contributed by atoms with van der Waals surface area (Å²) in [5, 5.41) is 20.2. The van der Waals surface area contributed by atoms with Crippen molar-refractivity contribution in [3.63, 3.8) is 0 Å². The first-order chi connectivity index (χ1) is 12.2. The van der Waals surface area contributed by atoms with E-state index >= 15 is 0 Å². The zero-order valence-corrected chi connectivity index (χ0v) is 15.1. The van der Waals surface area contributed by atoms with E-state index in [1.54, 1.807) is 32.0 Å². The van der Waals surface area contributed by atoms with E-state index in [0.717, 1.165) is 22.0 Å². The topological polar surface area (TPSA) is 118 Å². The van der Waals surface area contributed by atoms with E-state index in [2.05, 4.69) is 0 Å². The van der Waals surface area contributed by atoms with Crippen LogP contribution in [0.3, 0.4) is 0 Å². The Morgan fingerprint density at radius 2 is 1.81 bits per heavy atom. The van der Waals surface area contributed by atoms with Gasteiger partial charge in [-0.1, -0.05) is 24.3 Å². The number of aryl methyl sites for hydroxylation is 1. The summed E-state index contributed by atoms with van der Waals surface area (Å²) in [5.41, 5.74) is 1.21. The van der Waals surface area contributed by atoms with Crippen LogP contribution < -0.4 is 4.31 Å². The molecule has 1 N–H and O–H groups in total. The first kappa shape index (κ1) is 19.4. The molecule has 0 spiro atoms. The molecule has 0 fully saturated rings. The number of carboxylic acid groups (broad SMARTS) is 1. The fraction of sp³-hybridized carbons (Fsp3) is 0.235. The SMILES string of the molecule is Cc1cccc(N(CCC(=O)O)S(=O)(=O)c2ccccc2[N+](=O)[O-])c1C. The summed E-state index contributed by atoms with van der Waals surface area (Å²) in [6.45, 7) is 3.17. The number of anilines is 1. The molecule has 2 aromatic rings. The molecule has 0 unspecified atom stereocenters. The average molecular weight is 378 g/mol. The second-order valence-electron chi connectivity index (χ2n) is 5.66. The van der Waals surface area contributed by atoms with Gasteiger partial charge in [-0.25, -0.2) is 8.42 Å². The summed E-state index contributed by atoms with van der Waals surface area (Å²) in [6, 6.07) is 10.0. The van der Waals surface area contributed by atoms with Gasteiger partial charge in [0.05, 0.1) is 17.0 Å². The van der Waals surface area contributed by atoms with Gasteiger partial charge in [0, 0.05) is 12.6 Å². The predicted octanol–water partition coefficient (Wildman–Crippen LogP) is 2.88. The number of rotatable bonds is 7. The monoisotopic (exact) mass is 378 g/mol. The minimum atomic E-state index is -4.34. The number of aliphatic carboxylic acids is 1. The first-order valence-electron chi connectivity index (χ1n) is 7.70. The highest BCUT2D eigenvalue weighted by atomic mass is 32.2. The van der Waals surface area contributed by atoms with Crippen molar-refractivity contribution in [3.8, 4) is 0 Å². The lowest BCUT2D eigenvalue weighted by Crippen LogP contribution is -2.34. The Morgan fingerprint density at radius 3 is 2.42 bits per heavy atom. The lowest BCUT2D eigenvalue weighted by atomic mass is 10.1. The highest BCUT2D eigenvalue weighted by Gasteiger charge is 2.32. The van der Waals surface area contributed by atoms with Crippen LogP contribution in [-0.4, -0.2) is 31.0 Å². The van der Waals surface area contributed by atoms with Gasteiger partial charge in [-0.3, -0.25) is 19.2 Å². The van der Waals surface area contributed by atoms with Gasteiger partial charge < -0.3 is 5.11 Å². The summed E-state index contributed by atoms with van der Waals surface area (Å²) in [4.78, 5) is 21.0. The van der Waals surface area contributed by atoms with E-state index in [-0.39, 0.29) is 6.54 Å². The zero-order valence-electron chi connectivity index (χ0n) is 14.2. The van der Waals surface area contributed by atoms with Gasteiger partial charge in [0.1, 0.15) is 0 Å². The number of nitro benzene ring substituents is 1. The molecule has 9 heteroatoms. The molecule has 0 aliphatic rings. The Morgan fingerprint density at radius 1 is 1.15 bits per heavy atom. The number of hydrogen-bond acceptors (Lipinski definition) is 5. The number of nitrogens with zero attached hydrogens (tertiary/aromatic N) is 2. The van der Waals surface area contributed by atoms with Crippen molar-refractivity contribution in [2.75, 3.05) is 10.8 Å². The number of sulfonamides is 1. The molecule has 2 rings (SSSR count). The fourth-order valence-corrected chi connectivity index (χ4v) is 4.20. The summed E-state index contributed by atoms with van der Waals surface area (Å²) in [5.74, 6) is -1.17. The van der Waals surface area contributed by atoms with Crippen LogP contribution in [0.1, 0.15) is 17.5 Å². The van der Waals surface area contributed by atoms with Gasteiger partial charge in [0.15, 0.2) is 4.90 Å². The molecule has 0 aliphatic carbocycles. The number of benzene rings is 2. The third-order valence-corrected chi connectivity index (χ3v) is 5.86. The van der Waals surface area contributed by atoms with E-state index in [9.17, 15) is 23.3 Å². The van der Waals surface area contributed by atoms with Gasteiger partial charge in [-0.05, 0) is 37.1 Å². The highest BCUT2D eigenvalue weighted by Crippen LogP contribution is 2.32. The molecule has 138 valence electrons. The third kappa shape index (κ3) is 3.83. The lowest BCUT2D eigenvalue weighted by molar-refractivity contribution is -0.387. The maximum Gasteiger partial charge on any atom is 0.305 e. The minimum Gasteiger partial charge on any atom is -0.481 e. The maximum atomic E-state index is 13.2. The van der Waals surface area contributed by atoms with Crippen LogP contribution in [0.15, 0.2) is 47.4 Å². The molecule has 0 amide bonds. The van der Waals surface area contributed by atoms with Gasteiger partial charge in [-0.2, -0.15) is 0 Å². The summed E-state index contributed by atoms with van der Waals surface area (Å²) < 4.78 is 27.2. The Balaban J connectivity index is 2.67. The molecule has 0 bridgehead atoms. The second kappa shape index (κ2) is 7.52. The van der Waals surface area contributed by atoms with Crippen LogP contribution in [0.2, 0.25) is 0 Å².